The molecule has 5 nitrogen and oxygen atoms in total. The van der Waals surface area contributed by atoms with E-state index in [0.29, 0.717) is 5.56 Å². The average Bonchev–Trinajstić information content (AvgIpc) is 2.84. The molecular formula is C12H13NO4S. The van der Waals surface area contributed by atoms with E-state index in [9.17, 15) is 15.0 Å². The number of hydrogen-bond donors (Lipinski definition) is 2. The molecule has 0 aliphatic heterocycles. The first kappa shape index (κ1) is 12.9. The third kappa shape index (κ3) is 2.50. The first-order valence-corrected chi connectivity index (χ1v) is 6.37. The van der Waals surface area contributed by atoms with Gasteiger partial charge in [-0.3, -0.25) is 0 Å². The van der Waals surface area contributed by atoms with Gasteiger partial charge < -0.3 is 14.9 Å². The van der Waals surface area contributed by atoms with Crippen LogP contribution in [0.4, 0.5) is 0 Å². The Labute approximate surface area is 108 Å². The first-order valence-electron chi connectivity index (χ1n) is 5.49. The van der Waals surface area contributed by atoms with Crippen molar-refractivity contribution in [3.63, 3.8) is 0 Å². The molecule has 1 aromatic heterocycles. The zero-order valence-corrected chi connectivity index (χ0v) is 10.6. The van der Waals surface area contributed by atoms with E-state index in [2.05, 4.69) is 9.72 Å². The van der Waals surface area contributed by atoms with Crippen LogP contribution in [-0.4, -0.2) is 33.9 Å². The number of fused-ring (bicyclic) bond motifs is 1. The highest BCUT2D eigenvalue weighted by atomic mass is 32.1. The monoisotopic (exact) mass is 267 g/mol. The quantitative estimate of drug-likeness (QED) is 0.815. The third-order valence-electron chi connectivity index (χ3n) is 2.52. The van der Waals surface area contributed by atoms with Gasteiger partial charge in [0.15, 0.2) is 6.10 Å². The van der Waals surface area contributed by atoms with Gasteiger partial charge in [-0.05, 0) is 24.6 Å². The molecule has 0 saturated carbocycles. The first-order chi connectivity index (χ1) is 8.63. The van der Waals surface area contributed by atoms with Crippen molar-refractivity contribution in [1.82, 2.24) is 4.98 Å². The molecule has 96 valence electrons. The minimum Gasteiger partial charge on any atom is -0.464 e. The maximum absolute atomic E-state index is 11.3. The molecule has 2 unspecified atom stereocenters. The molecule has 0 saturated heterocycles. The molecule has 6 heteroatoms. The summed E-state index contributed by atoms with van der Waals surface area (Å²) in [6.07, 6.45) is -2.87. The number of carbonyl (C=O) groups is 1. The van der Waals surface area contributed by atoms with Gasteiger partial charge in [0, 0.05) is 0 Å². The van der Waals surface area contributed by atoms with Crippen molar-refractivity contribution in [2.75, 3.05) is 6.61 Å². The topological polar surface area (TPSA) is 79.7 Å². The van der Waals surface area contributed by atoms with Crippen LogP contribution in [0, 0.1) is 0 Å². The number of ether oxygens (including phenoxy) is 1. The summed E-state index contributed by atoms with van der Waals surface area (Å²) in [6.45, 7) is 1.80. The van der Waals surface area contributed by atoms with E-state index in [1.54, 1.807) is 30.6 Å². The summed E-state index contributed by atoms with van der Waals surface area (Å²) < 4.78 is 5.55. The van der Waals surface area contributed by atoms with Crippen LogP contribution in [0.15, 0.2) is 23.7 Å². The lowest BCUT2D eigenvalue weighted by Gasteiger charge is -2.16. The highest BCUT2D eigenvalue weighted by Gasteiger charge is 2.27. The number of carbonyl (C=O) groups excluding carboxylic acids is 1. The van der Waals surface area contributed by atoms with Gasteiger partial charge in [-0.15, -0.1) is 11.3 Å². The fraction of sp³-hybridized carbons (Fsp3) is 0.333. The number of hydrogen-bond acceptors (Lipinski definition) is 6. The molecule has 2 rings (SSSR count). The van der Waals surface area contributed by atoms with Crippen molar-refractivity contribution in [3.05, 3.63) is 29.3 Å². The minimum absolute atomic E-state index is 0.163. The maximum Gasteiger partial charge on any atom is 0.338 e. The molecule has 0 radical (unpaired) electrons. The van der Waals surface area contributed by atoms with Gasteiger partial charge in [-0.1, -0.05) is 6.07 Å². The van der Waals surface area contributed by atoms with Crippen molar-refractivity contribution in [1.29, 1.82) is 0 Å². The molecule has 2 atom stereocenters. The fourth-order valence-electron chi connectivity index (χ4n) is 1.59. The summed E-state index contributed by atoms with van der Waals surface area (Å²) >= 11 is 1.43. The zero-order valence-electron chi connectivity index (χ0n) is 9.74. The van der Waals surface area contributed by atoms with E-state index < -0.39 is 18.2 Å². The van der Waals surface area contributed by atoms with Crippen LogP contribution < -0.4 is 0 Å². The Morgan fingerprint density at radius 3 is 3.00 bits per heavy atom. The van der Waals surface area contributed by atoms with Crippen molar-refractivity contribution in [3.8, 4) is 0 Å². The number of aromatic nitrogens is 1. The molecule has 0 aliphatic carbocycles. The summed E-state index contributed by atoms with van der Waals surface area (Å²) in [6, 6.07) is 5.08. The van der Waals surface area contributed by atoms with Crippen molar-refractivity contribution < 1.29 is 19.7 Å². The largest absolute Gasteiger partial charge is 0.464 e. The van der Waals surface area contributed by atoms with E-state index in [1.165, 1.54) is 11.3 Å². The molecule has 0 bridgehead atoms. The minimum atomic E-state index is -1.57. The summed E-state index contributed by atoms with van der Waals surface area (Å²) in [5.41, 5.74) is 2.98. The molecule has 1 heterocycles. The fourth-order valence-corrected chi connectivity index (χ4v) is 2.32. The molecule has 2 aromatic rings. The van der Waals surface area contributed by atoms with E-state index >= 15 is 0 Å². The Balaban J connectivity index is 2.21. The third-order valence-corrected chi connectivity index (χ3v) is 3.32. The molecule has 1 aromatic carbocycles. The molecule has 0 fully saturated rings. The van der Waals surface area contributed by atoms with Crippen LogP contribution in [0.25, 0.3) is 10.2 Å². The van der Waals surface area contributed by atoms with Gasteiger partial charge in [-0.2, -0.15) is 0 Å². The normalized spacial score (nSPS) is 14.4. The predicted octanol–water partition coefficient (Wildman–Crippen LogP) is 1.25. The number of aliphatic hydroxyl groups is 2. The number of thiazole rings is 1. The van der Waals surface area contributed by atoms with Gasteiger partial charge in [0.25, 0.3) is 0 Å². The van der Waals surface area contributed by atoms with Crippen LogP contribution in [0.3, 0.4) is 0 Å². The smallest absolute Gasteiger partial charge is 0.338 e. The Morgan fingerprint density at radius 1 is 1.50 bits per heavy atom. The second-order valence-electron chi connectivity index (χ2n) is 3.72. The SMILES string of the molecule is CCOC(=O)C(O)C(O)c1ccc2ncsc2c1. The summed E-state index contributed by atoms with van der Waals surface area (Å²) in [4.78, 5) is 15.4. The predicted molar refractivity (Wildman–Crippen MR) is 67.2 cm³/mol. The van der Waals surface area contributed by atoms with Gasteiger partial charge in [0.2, 0.25) is 0 Å². The number of esters is 1. The zero-order chi connectivity index (χ0) is 13.1. The summed E-state index contributed by atoms with van der Waals surface area (Å²) in [5, 5.41) is 19.6. The number of rotatable bonds is 4. The van der Waals surface area contributed by atoms with Gasteiger partial charge in [0.05, 0.1) is 22.3 Å². The second-order valence-corrected chi connectivity index (χ2v) is 4.61. The number of aliphatic hydroxyl groups excluding tert-OH is 2. The standard InChI is InChI=1S/C12H13NO4S/c1-2-17-12(16)11(15)10(14)7-3-4-8-9(5-7)18-6-13-8/h3-6,10-11,14-15H,2H2,1H3. The maximum atomic E-state index is 11.3. The van der Waals surface area contributed by atoms with E-state index in [0.717, 1.165) is 10.2 Å². The van der Waals surface area contributed by atoms with E-state index in [-0.39, 0.29) is 6.61 Å². The van der Waals surface area contributed by atoms with Gasteiger partial charge >= 0.3 is 5.97 Å². The molecule has 0 spiro atoms. The van der Waals surface area contributed by atoms with Gasteiger partial charge in [-0.25, -0.2) is 9.78 Å². The Kier molecular flexibility index (Phi) is 3.90. The Morgan fingerprint density at radius 2 is 2.28 bits per heavy atom. The average molecular weight is 267 g/mol. The van der Waals surface area contributed by atoms with Crippen LogP contribution in [-0.2, 0) is 9.53 Å². The summed E-state index contributed by atoms with van der Waals surface area (Å²) in [5.74, 6) is -0.825. The number of benzene rings is 1. The lowest BCUT2D eigenvalue weighted by Crippen LogP contribution is -2.29. The lowest BCUT2D eigenvalue weighted by atomic mass is 10.0. The van der Waals surface area contributed by atoms with E-state index in [4.69, 9.17) is 0 Å². The molecule has 0 aliphatic rings. The van der Waals surface area contributed by atoms with Crippen LogP contribution in [0.1, 0.15) is 18.6 Å². The van der Waals surface area contributed by atoms with Crippen molar-refractivity contribution >= 4 is 27.5 Å². The Bertz CT molecular complexity index is 554. The molecule has 18 heavy (non-hydrogen) atoms. The highest BCUT2D eigenvalue weighted by molar-refractivity contribution is 7.16. The Hall–Kier alpha value is -1.50. The van der Waals surface area contributed by atoms with Crippen molar-refractivity contribution in [2.24, 2.45) is 0 Å². The highest BCUT2D eigenvalue weighted by Crippen LogP contribution is 2.24. The second kappa shape index (κ2) is 5.43. The van der Waals surface area contributed by atoms with Crippen LogP contribution in [0.5, 0.6) is 0 Å². The lowest BCUT2D eigenvalue weighted by molar-refractivity contribution is -0.159. The van der Waals surface area contributed by atoms with Gasteiger partial charge in [0.1, 0.15) is 6.10 Å². The molecule has 2 N–H and O–H groups in total. The van der Waals surface area contributed by atoms with E-state index in [1.807, 2.05) is 0 Å². The van der Waals surface area contributed by atoms with Crippen molar-refractivity contribution in [2.45, 2.75) is 19.1 Å². The molecular weight excluding hydrogens is 254 g/mol. The molecule has 0 amide bonds. The van der Waals surface area contributed by atoms with Crippen LogP contribution in [0.2, 0.25) is 0 Å². The number of nitrogens with zero attached hydrogens (tertiary/aromatic N) is 1. The summed E-state index contributed by atoms with van der Waals surface area (Å²) in [7, 11) is 0. The van der Waals surface area contributed by atoms with Crippen LogP contribution >= 0.6 is 11.3 Å².